The van der Waals surface area contributed by atoms with Crippen LogP contribution in [-0.2, 0) is 16.8 Å². The third-order valence-electron chi connectivity index (χ3n) is 7.56. The minimum atomic E-state index is 0.0608. The summed E-state index contributed by atoms with van der Waals surface area (Å²) in [7, 11) is 0. The molecule has 192 valence electrons. The number of carbonyl (C=O) groups excluding carboxylic acids is 1. The first-order valence-electron chi connectivity index (χ1n) is 13.3. The number of ether oxygens (including phenoxy) is 1. The third kappa shape index (κ3) is 5.13. The van der Waals surface area contributed by atoms with Crippen molar-refractivity contribution in [3.8, 4) is 5.75 Å². The second kappa shape index (κ2) is 10.0. The number of rotatable bonds is 7. The lowest BCUT2D eigenvalue weighted by Crippen LogP contribution is -2.25. The van der Waals surface area contributed by atoms with E-state index in [2.05, 4.69) is 93.8 Å². The van der Waals surface area contributed by atoms with Gasteiger partial charge in [-0.1, -0.05) is 57.2 Å². The van der Waals surface area contributed by atoms with Crippen molar-refractivity contribution in [2.24, 2.45) is 0 Å². The molecule has 1 aliphatic rings. The van der Waals surface area contributed by atoms with Gasteiger partial charge in [0.2, 0.25) is 5.91 Å². The van der Waals surface area contributed by atoms with E-state index in [0.717, 1.165) is 46.8 Å². The average molecular weight is 496 g/mol. The number of para-hydroxylation sites is 2. The van der Waals surface area contributed by atoms with Crippen molar-refractivity contribution in [1.29, 1.82) is 0 Å². The normalized spacial score (nSPS) is 16.1. The molecule has 37 heavy (non-hydrogen) atoms. The van der Waals surface area contributed by atoms with Crippen LogP contribution in [0.15, 0.2) is 66.7 Å². The highest BCUT2D eigenvalue weighted by molar-refractivity contribution is 5.97. The Morgan fingerprint density at radius 2 is 1.73 bits per heavy atom. The Bertz CT molecular complexity index is 1410. The summed E-state index contributed by atoms with van der Waals surface area (Å²) in [5.41, 5.74) is 6.91. The van der Waals surface area contributed by atoms with Crippen molar-refractivity contribution >= 4 is 22.6 Å². The maximum absolute atomic E-state index is 13.1. The van der Waals surface area contributed by atoms with Gasteiger partial charge in [0.25, 0.3) is 0 Å². The molecule has 3 aromatic carbocycles. The standard InChI is InChI=1S/C32H37N3O2/c1-22-10-8-13-28(23(22)2)35-21-24(20-30(35)36)31-33-27-11-6-7-12-29(27)34(31)18-9-19-37-26-16-14-25(15-17-26)32(3,4)5/h6-8,10-17,24H,9,18-21H2,1-5H3. The van der Waals surface area contributed by atoms with Crippen LogP contribution in [0.3, 0.4) is 0 Å². The Balaban J connectivity index is 1.31. The zero-order valence-corrected chi connectivity index (χ0v) is 22.6. The zero-order chi connectivity index (χ0) is 26.2. The van der Waals surface area contributed by atoms with Crippen LogP contribution in [0.2, 0.25) is 0 Å². The zero-order valence-electron chi connectivity index (χ0n) is 22.6. The van der Waals surface area contributed by atoms with E-state index < -0.39 is 0 Å². The highest BCUT2D eigenvalue weighted by Crippen LogP contribution is 2.35. The summed E-state index contributed by atoms with van der Waals surface area (Å²) in [6.07, 6.45) is 1.34. The van der Waals surface area contributed by atoms with Gasteiger partial charge in [-0.2, -0.15) is 0 Å². The number of fused-ring (bicyclic) bond motifs is 1. The van der Waals surface area contributed by atoms with Crippen molar-refractivity contribution in [3.05, 3.63) is 89.2 Å². The smallest absolute Gasteiger partial charge is 0.227 e. The van der Waals surface area contributed by atoms with E-state index in [9.17, 15) is 4.79 Å². The Labute approximate surface area is 220 Å². The van der Waals surface area contributed by atoms with Gasteiger partial charge in [-0.05, 0) is 72.7 Å². The summed E-state index contributed by atoms with van der Waals surface area (Å²) in [6.45, 7) is 12.9. The molecule has 0 N–H and O–H groups in total. The molecule has 0 saturated carbocycles. The average Bonchev–Trinajstić information content (AvgIpc) is 3.43. The maximum atomic E-state index is 13.1. The predicted molar refractivity (Wildman–Crippen MR) is 151 cm³/mol. The van der Waals surface area contributed by atoms with Crippen molar-refractivity contribution < 1.29 is 9.53 Å². The van der Waals surface area contributed by atoms with Gasteiger partial charge in [0, 0.05) is 31.1 Å². The fraction of sp³-hybridized carbons (Fsp3) is 0.375. The van der Waals surface area contributed by atoms with Crippen LogP contribution in [-0.4, -0.2) is 28.6 Å². The Morgan fingerprint density at radius 3 is 2.49 bits per heavy atom. The SMILES string of the molecule is Cc1cccc(N2CC(c3nc4ccccc4n3CCCOc3ccc(C(C)(C)C)cc3)CC2=O)c1C. The molecule has 0 spiro atoms. The number of aryl methyl sites for hydroxylation is 2. The molecule has 1 fully saturated rings. The highest BCUT2D eigenvalue weighted by Gasteiger charge is 2.35. The maximum Gasteiger partial charge on any atom is 0.227 e. The number of amides is 1. The summed E-state index contributed by atoms with van der Waals surface area (Å²) in [5.74, 6) is 2.12. The number of hydrogen-bond acceptors (Lipinski definition) is 3. The molecule has 5 rings (SSSR count). The second-order valence-corrected chi connectivity index (χ2v) is 11.2. The molecule has 1 atom stereocenters. The lowest BCUT2D eigenvalue weighted by atomic mass is 9.87. The van der Waals surface area contributed by atoms with Crippen LogP contribution < -0.4 is 9.64 Å². The second-order valence-electron chi connectivity index (χ2n) is 11.2. The summed E-state index contributed by atoms with van der Waals surface area (Å²) in [5, 5.41) is 0. The minimum absolute atomic E-state index is 0.0608. The Hall–Kier alpha value is -3.60. The number of imidazole rings is 1. The van der Waals surface area contributed by atoms with Gasteiger partial charge < -0.3 is 14.2 Å². The van der Waals surface area contributed by atoms with Gasteiger partial charge in [0.15, 0.2) is 0 Å². The lowest BCUT2D eigenvalue weighted by Gasteiger charge is -2.20. The van der Waals surface area contributed by atoms with Crippen LogP contribution >= 0.6 is 0 Å². The monoisotopic (exact) mass is 495 g/mol. The molecule has 1 aromatic heterocycles. The number of hydrogen-bond donors (Lipinski definition) is 0. The van der Waals surface area contributed by atoms with Crippen molar-refractivity contribution in [1.82, 2.24) is 9.55 Å². The molecule has 0 radical (unpaired) electrons. The molecule has 5 heteroatoms. The summed E-state index contributed by atoms with van der Waals surface area (Å²) < 4.78 is 8.37. The van der Waals surface area contributed by atoms with Crippen LogP contribution in [0.1, 0.15) is 62.0 Å². The van der Waals surface area contributed by atoms with E-state index in [0.29, 0.717) is 19.6 Å². The van der Waals surface area contributed by atoms with Crippen molar-refractivity contribution in [2.45, 2.75) is 65.3 Å². The van der Waals surface area contributed by atoms with E-state index in [1.54, 1.807) is 0 Å². The Morgan fingerprint density at radius 1 is 0.973 bits per heavy atom. The molecular weight excluding hydrogens is 458 g/mol. The van der Waals surface area contributed by atoms with E-state index >= 15 is 0 Å². The van der Waals surface area contributed by atoms with E-state index in [1.807, 2.05) is 17.0 Å². The number of nitrogens with zero attached hydrogens (tertiary/aromatic N) is 3. The molecule has 0 aliphatic carbocycles. The first kappa shape index (κ1) is 25.1. The molecule has 1 unspecified atom stereocenters. The van der Waals surface area contributed by atoms with E-state index in [4.69, 9.17) is 9.72 Å². The molecule has 1 saturated heterocycles. The minimum Gasteiger partial charge on any atom is -0.494 e. The van der Waals surface area contributed by atoms with Crippen LogP contribution in [0.25, 0.3) is 11.0 Å². The predicted octanol–water partition coefficient (Wildman–Crippen LogP) is 6.94. The van der Waals surface area contributed by atoms with Crippen molar-refractivity contribution in [3.63, 3.8) is 0 Å². The van der Waals surface area contributed by atoms with Gasteiger partial charge >= 0.3 is 0 Å². The summed E-state index contributed by atoms with van der Waals surface area (Å²) in [6, 6.07) is 22.9. The van der Waals surface area contributed by atoms with Crippen LogP contribution in [0, 0.1) is 13.8 Å². The number of carbonyl (C=O) groups is 1. The fourth-order valence-corrected chi connectivity index (χ4v) is 5.25. The molecule has 1 aliphatic heterocycles. The van der Waals surface area contributed by atoms with Crippen molar-refractivity contribution in [2.75, 3.05) is 18.1 Å². The number of benzene rings is 3. The molecule has 5 nitrogen and oxygen atoms in total. The largest absolute Gasteiger partial charge is 0.494 e. The quantitative estimate of drug-likeness (QED) is 0.261. The molecule has 4 aromatic rings. The first-order chi connectivity index (χ1) is 17.7. The molecule has 0 bridgehead atoms. The topological polar surface area (TPSA) is 47.4 Å². The van der Waals surface area contributed by atoms with Gasteiger partial charge in [-0.3, -0.25) is 4.79 Å². The number of anilines is 1. The van der Waals surface area contributed by atoms with Crippen LogP contribution in [0.4, 0.5) is 5.69 Å². The highest BCUT2D eigenvalue weighted by atomic mass is 16.5. The van der Waals surface area contributed by atoms with E-state index in [-0.39, 0.29) is 17.2 Å². The van der Waals surface area contributed by atoms with Gasteiger partial charge in [-0.15, -0.1) is 0 Å². The number of aromatic nitrogens is 2. The molecule has 1 amide bonds. The molecular formula is C32H37N3O2. The fourth-order valence-electron chi connectivity index (χ4n) is 5.25. The van der Waals surface area contributed by atoms with Crippen LogP contribution in [0.5, 0.6) is 5.75 Å². The molecule has 2 heterocycles. The van der Waals surface area contributed by atoms with Gasteiger partial charge in [0.05, 0.1) is 17.6 Å². The summed E-state index contributed by atoms with van der Waals surface area (Å²) in [4.78, 5) is 20.1. The lowest BCUT2D eigenvalue weighted by molar-refractivity contribution is -0.117. The third-order valence-corrected chi connectivity index (χ3v) is 7.56. The summed E-state index contributed by atoms with van der Waals surface area (Å²) >= 11 is 0. The first-order valence-corrected chi connectivity index (χ1v) is 13.3. The van der Waals surface area contributed by atoms with Gasteiger partial charge in [0.1, 0.15) is 11.6 Å². The Kier molecular flexibility index (Phi) is 6.80. The van der Waals surface area contributed by atoms with E-state index in [1.165, 1.54) is 11.1 Å². The van der Waals surface area contributed by atoms with Gasteiger partial charge in [-0.25, -0.2) is 4.98 Å².